The molecule has 1 rings (SSSR count). The molecule has 0 saturated carbocycles. The van der Waals surface area contributed by atoms with Gasteiger partial charge in [-0.1, -0.05) is 17.7 Å². The maximum absolute atomic E-state index is 13.4. The molecule has 0 aromatic heterocycles. The predicted molar refractivity (Wildman–Crippen MR) is 54.4 cm³/mol. The van der Waals surface area contributed by atoms with Crippen LogP contribution in [0.2, 0.25) is 5.02 Å². The fourth-order valence-electron chi connectivity index (χ4n) is 1.19. The summed E-state index contributed by atoms with van der Waals surface area (Å²) >= 11 is 5.29. The second-order valence-electron chi connectivity index (χ2n) is 3.18. The van der Waals surface area contributed by atoms with Gasteiger partial charge in [-0.3, -0.25) is 0 Å². The lowest BCUT2D eigenvalue weighted by Gasteiger charge is -2.17. The van der Waals surface area contributed by atoms with Crippen LogP contribution in [-0.4, -0.2) is 29.4 Å². The first kappa shape index (κ1) is 13.8. The van der Waals surface area contributed by atoms with E-state index in [9.17, 15) is 23.8 Å². The lowest BCUT2D eigenvalue weighted by molar-refractivity contribution is -0.156. The SMILES string of the molecule is COC(=O)C(O)C(O)c1ccc(F)c(Cl)c1F. The second kappa shape index (κ2) is 5.39. The molecule has 0 fully saturated rings. The highest BCUT2D eigenvalue weighted by Gasteiger charge is 2.29. The Hall–Kier alpha value is -1.24. The molecule has 2 unspecified atom stereocenters. The normalized spacial score (nSPS) is 14.2. The van der Waals surface area contributed by atoms with Crippen molar-refractivity contribution in [2.45, 2.75) is 12.2 Å². The van der Waals surface area contributed by atoms with Crippen LogP contribution in [0.1, 0.15) is 11.7 Å². The molecule has 0 amide bonds. The van der Waals surface area contributed by atoms with E-state index in [1.54, 1.807) is 0 Å². The highest BCUT2D eigenvalue weighted by atomic mass is 35.5. The number of methoxy groups -OCH3 is 1. The van der Waals surface area contributed by atoms with Crippen LogP contribution in [0.5, 0.6) is 0 Å². The Morgan fingerprint density at radius 2 is 2.00 bits per heavy atom. The summed E-state index contributed by atoms with van der Waals surface area (Å²) in [6.45, 7) is 0. The summed E-state index contributed by atoms with van der Waals surface area (Å²) in [5.74, 6) is -3.38. The van der Waals surface area contributed by atoms with Crippen LogP contribution in [0.15, 0.2) is 12.1 Å². The van der Waals surface area contributed by atoms with Gasteiger partial charge >= 0.3 is 5.97 Å². The molecule has 1 aromatic carbocycles. The number of halogens is 3. The van der Waals surface area contributed by atoms with Crippen molar-refractivity contribution < 1.29 is 28.5 Å². The standard InChI is InChI=1S/C10H9ClF2O4/c1-17-10(16)9(15)8(14)4-2-3-5(12)6(11)7(4)13/h2-3,8-9,14-15H,1H3. The van der Waals surface area contributed by atoms with Gasteiger partial charge in [0.1, 0.15) is 16.9 Å². The smallest absolute Gasteiger partial charge is 0.337 e. The number of aliphatic hydroxyl groups is 2. The number of hydrogen-bond acceptors (Lipinski definition) is 4. The van der Waals surface area contributed by atoms with Gasteiger partial charge < -0.3 is 14.9 Å². The summed E-state index contributed by atoms with van der Waals surface area (Å²) < 4.78 is 30.5. The van der Waals surface area contributed by atoms with Gasteiger partial charge in [0.05, 0.1) is 7.11 Å². The van der Waals surface area contributed by atoms with E-state index in [1.165, 1.54) is 0 Å². The van der Waals surface area contributed by atoms with Crippen molar-refractivity contribution in [2.75, 3.05) is 7.11 Å². The van der Waals surface area contributed by atoms with Crippen LogP contribution < -0.4 is 0 Å². The molecule has 7 heteroatoms. The average molecular weight is 267 g/mol. The monoisotopic (exact) mass is 266 g/mol. The summed E-state index contributed by atoms with van der Waals surface area (Å²) in [6, 6.07) is 1.70. The lowest BCUT2D eigenvalue weighted by Crippen LogP contribution is -2.29. The molecule has 0 aliphatic heterocycles. The average Bonchev–Trinajstić information content (AvgIpc) is 2.33. The third-order valence-electron chi connectivity index (χ3n) is 2.13. The molecule has 0 spiro atoms. The molecule has 0 aliphatic rings. The Kier molecular flexibility index (Phi) is 4.39. The zero-order valence-corrected chi connectivity index (χ0v) is 9.41. The number of hydrogen-bond donors (Lipinski definition) is 2. The van der Waals surface area contributed by atoms with E-state index < -0.39 is 40.4 Å². The highest BCUT2D eigenvalue weighted by Crippen LogP contribution is 2.27. The Morgan fingerprint density at radius 3 is 2.53 bits per heavy atom. The van der Waals surface area contributed by atoms with Gasteiger partial charge in [0.2, 0.25) is 0 Å². The molecule has 0 radical (unpaired) electrons. The predicted octanol–water partition coefficient (Wildman–Crippen LogP) is 1.19. The largest absolute Gasteiger partial charge is 0.467 e. The van der Waals surface area contributed by atoms with Crippen LogP contribution in [0.25, 0.3) is 0 Å². The highest BCUT2D eigenvalue weighted by molar-refractivity contribution is 6.30. The number of aliphatic hydroxyl groups excluding tert-OH is 2. The van der Waals surface area contributed by atoms with Crippen molar-refractivity contribution in [3.8, 4) is 0 Å². The zero-order chi connectivity index (χ0) is 13.2. The van der Waals surface area contributed by atoms with Crippen LogP contribution in [-0.2, 0) is 9.53 Å². The first-order chi connectivity index (χ1) is 7.90. The third-order valence-corrected chi connectivity index (χ3v) is 2.47. The van der Waals surface area contributed by atoms with Gasteiger partial charge in [0.25, 0.3) is 0 Å². The van der Waals surface area contributed by atoms with Crippen LogP contribution in [0.4, 0.5) is 8.78 Å². The van der Waals surface area contributed by atoms with Crippen LogP contribution in [0.3, 0.4) is 0 Å². The van der Waals surface area contributed by atoms with Crippen LogP contribution in [0, 0.1) is 11.6 Å². The van der Waals surface area contributed by atoms with Crippen molar-refractivity contribution in [3.63, 3.8) is 0 Å². The van der Waals surface area contributed by atoms with Gasteiger partial charge in [0.15, 0.2) is 11.9 Å². The fourth-order valence-corrected chi connectivity index (χ4v) is 1.36. The molecule has 1 aromatic rings. The topological polar surface area (TPSA) is 66.8 Å². The molecule has 0 bridgehead atoms. The zero-order valence-electron chi connectivity index (χ0n) is 8.65. The van der Waals surface area contributed by atoms with E-state index in [1.807, 2.05) is 0 Å². The van der Waals surface area contributed by atoms with Gasteiger partial charge in [-0.05, 0) is 6.07 Å². The molecule has 0 saturated heterocycles. The molecule has 0 aliphatic carbocycles. The molecule has 94 valence electrons. The van der Waals surface area contributed by atoms with Crippen molar-refractivity contribution in [1.82, 2.24) is 0 Å². The summed E-state index contributed by atoms with van der Waals surface area (Å²) in [4.78, 5) is 10.9. The number of carbonyl (C=O) groups is 1. The van der Waals surface area contributed by atoms with Gasteiger partial charge in [-0.2, -0.15) is 0 Å². The first-order valence-corrected chi connectivity index (χ1v) is 4.85. The van der Waals surface area contributed by atoms with E-state index in [-0.39, 0.29) is 0 Å². The van der Waals surface area contributed by atoms with E-state index in [0.29, 0.717) is 0 Å². The van der Waals surface area contributed by atoms with E-state index in [4.69, 9.17) is 11.6 Å². The molecule has 2 N–H and O–H groups in total. The summed E-state index contributed by atoms with van der Waals surface area (Å²) in [5, 5.41) is 18.0. The second-order valence-corrected chi connectivity index (χ2v) is 3.56. The molecule has 0 heterocycles. The van der Waals surface area contributed by atoms with Crippen LogP contribution >= 0.6 is 11.6 Å². The Morgan fingerprint density at radius 1 is 1.41 bits per heavy atom. The van der Waals surface area contributed by atoms with Crippen molar-refractivity contribution in [1.29, 1.82) is 0 Å². The molecular weight excluding hydrogens is 258 g/mol. The third kappa shape index (κ3) is 2.71. The van der Waals surface area contributed by atoms with E-state index >= 15 is 0 Å². The minimum atomic E-state index is -1.98. The first-order valence-electron chi connectivity index (χ1n) is 4.47. The minimum Gasteiger partial charge on any atom is -0.467 e. The van der Waals surface area contributed by atoms with Gasteiger partial charge in [-0.15, -0.1) is 0 Å². The lowest BCUT2D eigenvalue weighted by atomic mass is 10.0. The molecule has 4 nitrogen and oxygen atoms in total. The van der Waals surface area contributed by atoms with Crippen molar-refractivity contribution in [2.24, 2.45) is 0 Å². The fraction of sp³-hybridized carbons (Fsp3) is 0.300. The maximum atomic E-state index is 13.4. The van der Waals surface area contributed by atoms with E-state index in [0.717, 1.165) is 19.2 Å². The maximum Gasteiger partial charge on any atom is 0.337 e. The van der Waals surface area contributed by atoms with Gasteiger partial charge in [-0.25, -0.2) is 13.6 Å². The van der Waals surface area contributed by atoms with Crippen molar-refractivity contribution >= 4 is 17.6 Å². The Bertz CT molecular complexity index is 439. The number of ether oxygens (including phenoxy) is 1. The Labute approximate surface area is 100 Å². The summed E-state index contributed by atoms with van der Waals surface area (Å²) in [6.07, 6.45) is -3.86. The van der Waals surface area contributed by atoms with Crippen molar-refractivity contribution in [3.05, 3.63) is 34.4 Å². The number of benzene rings is 1. The number of rotatable bonds is 3. The Balaban J connectivity index is 3.09. The minimum absolute atomic E-state index is 0.491. The molecule has 17 heavy (non-hydrogen) atoms. The molecular formula is C10H9ClF2O4. The summed E-state index contributed by atoms with van der Waals surface area (Å²) in [5.41, 5.74) is -0.491. The van der Waals surface area contributed by atoms with Gasteiger partial charge in [0, 0.05) is 5.56 Å². The number of esters is 1. The van der Waals surface area contributed by atoms with E-state index in [2.05, 4.69) is 4.74 Å². The molecule has 2 atom stereocenters. The summed E-state index contributed by atoms with van der Waals surface area (Å²) in [7, 11) is 0.992. The quantitative estimate of drug-likeness (QED) is 0.637. The number of carbonyl (C=O) groups excluding carboxylic acids is 1.